The number of hydrogen-bond donors (Lipinski definition) is 1. The lowest BCUT2D eigenvalue weighted by Crippen LogP contribution is -2.48. The highest BCUT2D eigenvalue weighted by Crippen LogP contribution is 2.37. The van der Waals surface area contributed by atoms with Gasteiger partial charge in [0.1, 0.15) is 5.75 Å². The monoisotopic (exact) mass is 436 g/mol. The van der Waals surface area contributed by atoms with Crippen LogP contribution >= 0.6 is 0 Å². The van der Waals surface area contributed by atoms with E-state index in [2.05, 4.69) is 5.32 Å². The van der Waals surface area contributed by atoms with Gasteiger partial charge in [-0.1, -0.05) is 48.0 Å². The van der Waals surface area contributed by atoms with Crippen LogP contribution in [-0.2, 0) is 14.8 Å². The van der Waals surface area contributed by atoms with E-state index < -0.39 is 22.0 Å². The van der Waals surface area contributed by atoms with E-state index in [0.717, 1.165) is 22.4 Å². The maximum absolute atomic E-state index is 13.4. The summed E-state index contributed by atoms with van der Waals surface area (Å²) in [6.07, 6.45) is -0.992. The summed E-state index contributed by atoms with van der Waals surface area (Å²) in [7, 11) is -3.86. The molecule has 1 amide bonds. The van der Waals surface area contributed by atoms with Gasteiger partial charge in [0.05, 0.1) is 17.1 Å². The molecule has 0 aliphatic carbocycles. The number of amides is 1. The Labute approximate surface area is 182 Å². The lowest BCUT2D eigenvalue weighted by molar-refractivity contribution is -0.122. The second-order valence-corrected chi connectivity index (χ2v) is 9.55. The molecule has 1 N–H and O–H groups in total. The molecule has 7 heteroatoms. The van der Waals surface area contributed by atoms with Crippen molar-refractivity contribution < 1.29 is 17.9 Å². The van der Waals surface area contributed by atoms with Crippen LogP contribution in [0.4, 0.5) is 11.4 Å². The van der Waals surface area contributed by atoms with Gasteiger partial charge in [-0.3, -0.25) is 9.10 Å². The quantitative estimate of drug-likeness (QED) is 0.665. The predicted octanol–water partition coefficient (Wildman–Crippen LogP) is 4.21. The number of nitrogens with zero attached hydrogens (tertiary/aromatic N) is 1. The fourth-order valence-electron chi connectivity index (χ4n) is 3.87. The molecule has 1 aliphatic heterocycles. The Morgan fingerprint density at radius 3 is 2.26 bits per heavy atom. The molecule has 0 unspecified atom stereocenters. The Bertz CT molecular complexity index is 1220. The molecule has 3 aromatic rings. The Hall–Kier alpha value is -3.32. The minimum atomic E-state index is -3.86. The van der Waals surface area contributed by atoms with E-state index in [1.807, 2.05) is 32.9 Å². The number of hydrogen-bond acceptors (Lipinski definition) is 4. The minimum Gasteiger partial charge on any atom is -0.476 e. The first kappa shape index (κ1) is 20.9. The first-order valence-corrected chi connectivity index (χ1v) is 11.4. The Morgan fingerprint density at radius 1 is 0.968 bits per heavy atom. The number of carbonyl (C=O) groups excluding carboxylic acids is 1. The Kier molecular flexibility index (Phi) is 5.45. The molecule has 1 heterocycles. The summed E-state index contributed by atoms with van der Waals surface area (Å²) in [5.41, 5.74) is 4.12. The van der Waals surface area contributed by atoms with E-state index >= 15 is 0 Å². The molecule has 0 saturated carbocycles. The summed E-state index contributed by atoms with van der Waals surface area (Å²) in [5, 5.41) is 2.93. The van der Waals surface area contributed by atoms with E-state index in [1.54, 1.807) is 54.6 Å². The maximum Gasteiger partial charge on any atom is 0.267 e. The van der Waals surface area contributed by atoms with Gasteiger partial charge >= 0.3 is 0 Å². The number of sulfonamides is 1. The molecular weight excluding hydrogens is 412 g/mol. The molecule has 0 saturated heterocycles. The van der Waals surface area contributed by atoms with Crippen LogP contribution in [0, 0.1) is 20.8 Å². The van der Waals surface area contributed by atoms with Crippen LogP contribution in [0.2, 0.25) is 0 Å². The van der Waals surface area contributed by atoms with Crippen molar-refractivity contribution in [2.24, 2.45) is 0 Å². The third-order valence-electron chi connectivity index (χ3n) is 5.28. The van der Waals surface area contributed by atoms with Crippen molar-refractivity contribution in [2.75, 3.05) is 16.2 Å². The first-order valence-electron chi connectivity index (χ1n) is 9.99. The van der Waals surface area contributed by atoms with Gasteiger partial charge < -0.3 is 10.1 Å². The number of rotatable bonds is 4. The molecule has 160 valence electrons. The van der Waals surface area contributed by atoms with Crippen molar-refractivity contribution in [3.63, 3.8) is 0 Å². The molecule has 4 rings (SSSR count). The van der Waals surface area contributed by atoms with Gasteiger partial charge in [0.2, 0.25) is 0 Å². The van der Waals surface area contributed by atoms with Crippen LogP contribution in [0.5, 0.6) is 5.75 Å². The predicted molar refractivity (Wildman–Crippen MR) is 121 cm³/mol. The lowest BCUT2D eigenvalue weighted by Gasteiger charge is -2.34. The summed E-state index contributed by atoms with van der Waals surface area (Å²) in [6.45, 7) is 5.74. The first-order chi connectivity index (χ1) is 14.8. The standard InChI is InChI=1S/C24H24N2O4S/c1-16-13-17(2)23(18(3)14-16)25-24(27)22-15-26(20-11-7-8-12-21(20)30-22)31(28,29)19-9-5-4-6-10-19/h4-14,22H,15H2,1-3H3,(H,25,27)/t22-/m1/s1. The van der Waals surface area contributed by atoms with Crippen molar-refractivity contribution in [3.05, 3.63) is 83.4 Å². The summed E-state index contributed by atoms with van der Waals surface area (Å²) < 4.78 is 33.9. The maximum atomic E-state index is 13.4. The zero-order chi connectivity index (χ0) is 22.2. The number of nitrogens with one attached hydrogen (secondary N) is 1. The van der Waals surface area contributed by atoms with Gasteiger partial charge in [0, 0.05) is 5.69 Å². The van der Waals surface area contributed by atoms with Gasteiger partial charge in [0.25, 0.3) is 15.9 Å². The van der Waals surface area contributed by atoms with Crippen LogP contribution in [-0.4, -0.2) is 27.0 Å². The van der Waals surface area contributed by atoms with Gasteiger partial charge in [-0.15, -0.1) is 0 Å². The van der Waals surface area contributed by atoms with Crippen molar-refractivity contribution in [1.82, 2.24) is 0 Å². The number of anilines is 2. The molecule has 0 radical (unpaired) electrons. The third-order valence-corrected chi connectivity index (χ3v) is 7.08. The molecule has 3 aromatic carbocycles. The number of aryl methyl sites for hydroxylation is 3. The van der Waals surface area contributed by atoms with E-state index in [0.29, 0.717) is 11.4 Å². The molecule has 0 bridgehead atoms. The molecule has 0 spiro atoms. The molecule has 1 atom stereocenters. The zero-order valence-corrected chi connectivity index (χ0v) is 18.4. The van der Waals surface area contributed by atoms with Crippen LogP contribution in [0.3, 0.4) is 0 Å². The highest BCUT2D eigenvalue weighted by molar-refractivity contribution is 7.92. The van der Waals surface area contributed by atoms with Gasteiger partial charge in [-0.25, -0.2) is 8.42 Å². The van der Waals surface area contributed by atoms with Crippen molar-refractivity contribution in [2.45, 2.75) is 31.8 Å². The van der Waals surface area contributed by atoms with Gasteiger partial charge in [-0.2, -0.15) is 0 Å². The molecule has 1 aliphatic rings. The molecule has 31 heavy (non-hydrogen) atoms. The molecule has 0 aromatic heterocycles. The smallest absolute Gasteiger partial charge is 0.267 e. The second kappa shape index (κ2) is 8.07. The van der Waals surface area contributed by atoms with Crippen LogP contribution in [0.15, 0.2) is 71.6 Å². The molecule has 6 nitrogen and oxygen atoms in total. The Balaban J connectivity index is 1.68. The highest BCUT2D eigenvalue weighted by atomic mass is 32.2. The van der Waals surface area contributed by atoms with Crippen LogP contribution < -0.4 is 14.4 Å². The van der Waals surface area contributed by atoms with Gasteiger partial charge in [-0.05, 0) is 56.2 Å². The van der Waals surface area contributed by atoms with E-state index in [-0.39, 0.29) is 11.4 Å². The molecule has 0 fully saturated rings. The summed E-state index contributed by atoms with van der Waals surface area (Å²) in [6, 6.07) is 19.0. The normalized spacial score (nSPS) is 15.7. The van der Waals surface area contributed by atoms with Gasteiger partial charge in [0.15, 0.2) is 6.10 Å². The zero-order valence-electron chi connectivity index (χ0n) is 17.6. The number of carbonyl (C=O) groups is 1. The topological polar surface area (TPSA) is 75.7 Å². The second-order valence-electron chi connectivity index (χ2n) is 7.69. The average Bonchev–Trinajstić information content (AvgIpc) is 2.75. The summed E-state index contributed by atoms with van der Waals surface area (Å²) >= 11 is 0. The van der Waals surface area contributed by atoms with E-state index in [9.17, 15) is 13.2 Å². The number of para-hydroxylation sites is 2. The number of ether oxygens (including phenoxy) is 1. The lowest BCUT2D eigenvalue weighted by atomic mass is 10.0. The third kappa shape index (κ3) is 4.01. The number of fused-ring (bicyclic) bond motifs is 1. The molecular formula is C24H24N2O4S. The Morgan fingerprint density at radius 2 is 1.58 bits per heavy atom. The largest absolute Gasteiger partial charge is 0.476 e. The van der Waals surface area contributed by atoms with Crippen molar-refractivity contribution in [1.29, 1.82) is 0 Å². The number of benzene rings is 3. The fourth-order valence-corrected chi connectivity index (χ4v) is 5.36. The average molecular weight is 437 g/mol. The SMILES string of the molecule is Cc1cc(C)c(NC(=O)[C@H]2CN(S(=O)(=O)c3ccccc3)c3ccccc3O2)c(C)c1. The van der Waals surface area contributed by atoms with Crippen molar-refractivity contribution >= 4 is 27.3 Å². The van der Waals surface area contributed by atoms with E-state index in [1.165, 1.54) is 4.31 Å². The summed E-state index contributed by atoms with van der Waals surface area (Å²) in [4.78, 5) is 13.3. The van der Waals surface area contributed by atoms with Crippen LogP contribution in [0.25, 0.3) is 0 Å². The fraction of sp³-hybridized carbons (Fsp3) is 0.208. The van der Waals surface area contributed by atoms with E-state index in [4.69, 9.17) is 4.74 Å². The van der Waals surface area contributed by atoms with Crippen molar-refractivity contribution in [3.8, 4) is 5.75 Å². The van der Waals surface area contributed by atoms with Crippen LogP contribution in [0.1, 0.15) is 16.7 Å². The highest BCUT2D eigenvalue weighted by Gasteiger charge is 2.37. The summed E-state index contributed by atoms with van der Waals surface area (Å²) in [5.74, 6) is -0.0384. The minimum absolute atomic E-state index is 0.121.